The van der Waals surface area contributed by atoms with Crippen molar-refractivity contribution in [3.63, 3.8) is 0 Å². The van der Waals surface area contributed by atoms with E-state index in [2.05, 4.69) is 10.9 Å². The fourth-order valence-corrected chi connectivity index (χ4v) is 1.95. The fourth-order valence-electron chi connectivity index (χ4n) is 1.95. The number of carbonyl (C=O) groups is 1. The van der Waals surface area contributed by atoms with Crippen molar-refractivity contribution in [1.29, 1.82) is 0 Å². The Kier molecular flexibility index (Phi) is 3.55. The quantitative estimate of drug-likeness (QED) is 0.451. The van der Waals surface area contributed by atoms with E-state index in [4.69, 9.17) is 22.0 Å². The Morgan fingerprint density at radius 2 is 2.26 bits per heavy atom. The molecule has 0 spiro atoms. The van der Waals surface area contributed by atoms with E-state index in [9.17, 15) is 15.0 Å². The summed E-state index contributed by atoms with van der Waals surface area (Å²) < 4.78 is 6.42. The highest BCUT2D eigenvalue weighted by atomic mass is 16.6. The van der Waals surface area contributed by atoms with Gasteiger partial charge in [0.2, 0.25) is 5.82 Å². The van der Waals surface area contributed by atoms with Crippen molar-refractivity contribution in [1.82, 2.24) is 9.55 Å². The summed E-state index contributed by atoms with van der Waals surface area (Å²) in [6, 6.07) is 0. The zero-order valence-corrected chi connectivity index (χ0v) is 9.80. The Balaban J connectivity index is 2.40. The molecule has 0 bridgehead atoms. The van der Waals surface area contributed by atoms with Crippen LogP contribution >= 0.6 is 0 Å². The van der Waals surface area contributed by atoms with Crippen molar-refractivity contribution in [2.45, 2.75) is 24.5 Å². The summed E-state index contributed by atoms with van der Waals surface area (Å²) in [4.78, 5) is 15.1. The van der Waals surface area contributed by atoms with Gasteiger partial charge in [0.05, 0.1) is 6.61 Å². The summed E-state index contributed by atoms with van der Waals surface area (Å²) >= 11 is 0. The van der Waals surface area contributed by atoms with Gasteiger partial charge >= 0.3 is 0 Å². The van der Waals surface area contributed by atoms with Crippen molar-refractivity contribution in [2.75, 3.05) is 6.61 Å². The molecule has 2 rings (SSSR count). The number of amides is 1. The number of nitrogens with zero attached hydrogens (tertiary/aromatic N) is 2. The first kappa shape index (κ1) is 13.5. The van der Waals surface area contributed by atoms with E-state index < -0.39 is 37.1 Å². The second-order valence-electron chi connectivity index (χ2n) is 4.09. The van der Waals surface area contributed by atoms with Gasteiger partial charge in [-0.2, -0.15) is 0 Å². The standard InChI is InChI=1S/C11H13N3O5/c1-2-5-3-14(10(13-5)9(12)18)11-8(17)7(16)6(4-15)19-11/h1,3,6-8,11,15-17H,4H2,(H2,12,18)/t6-,7-,8-,11-/m1/s1. The van der Waals surface area contributed by atoms with Gasteiger partial charge in [-0.25, -0.2) is 4.98 Å². The number of rotatable bonds is 3. The Hall–Kier alpha value is -1.92. The number of aliphatic hydroxyl groups excluding tert-OH is 3. The number of primary amides is 1. The van der Waals surface area contributed by atoms with E-state index in [1.54, 1.807) is 0 Å². The minimum Gasteiger partial charge on any atom is -0.394 e. The van der Waals surface area contributed by atoms with Gasteiger partial charge < -0.3 is 25.8 Å². The molecule has 1 amide bonds. The number of hydrogen-bond donors (Lipinski definition) is 4. The molecule has 19 heavy (non-hydrogen) atoms. The maximum atomic E-state index is 11.3. The van der Waals surface area contributed by atoms with Crippen LogP contribution in [0, 0.1) is 12.3 Å². The lowest BCUT2D eigenvalue weighted by atomic mass is 10.1. The minimum absolute atomic E-state index is 0.145. The summed E-state index contributed by atoms with van der Waals surface area (Å²) in [6.07, 6.45) is 1.80. The average Bonchev–Trinajstić information content (AvgIpc) is 2.93. The topological polar surface area (TPSA) is 131 Å². The second kappa shape index (κ2) is 4.99. The summed E-state index contributed by atoms with van der Waals surface area (Å²) in [6.45, 7) is -0.475. The van der Waals surface area contributed by atoms with Crippen LogP contribution in [-0.2, 0) is 4.74 Å². The summed E-state index contributed by atoms with van der Waals surface area (Å²) in [5.41, 5.74) is 5.30. The normalized spacial score (nSPS) is 30.2. The molecular formula is C11H13N3O5. The number of aliphatic hydroxyl groups is 3. The van der Waals surface area contributed by atoms with Crippen molar-refractivity contribution < 1.29 is 24.9 Å². The van der Waals surface area contributed by atoms with E-state index >= 15 is 0 Å². The third-order valence-corrected chi connectivity index (χ3v) is 2.89. The van der Waals surface area contributed by atoms with Crippen molar-refractivity contribution in [3.8, 4) is 12.3 Å². The average molecular weight is 267 g/mol. The van der Waals surface area contributed by atoms with Gasteiger partial charge in [0.25, 0.3) is 5.91 Å². The highest BCUT2D eigenvalue weighted by Crippen LogP contribution is 2.30. The number of aromatic nitrogens is 2. The Morgan fingerprint density at radius 3 is 2.74 bits per heavy atom. The van der Waals surface area contributed by atoms with E-state index in [1.165, 1.54) is 6.20 Å². The number of imidazole rings is 1. The molecule has 8 nitrogen and oxygen atoms in total. The predicted molar refractivity (Wildman–Crippen MR) is 61.7 cm³/mol. The number of carbonyl (C=O) groups excluding carboxylic acids is 1. The van der Waals surface area contributed by atoms with Gasteiger partial charge in [-0.1, -0.05) is 0 Å². The van der Waals surface area contributed by atoms with Crippen LogP contribution in [0.25, 0.3) is 0 Å². The highest BCUT2D eigenvalue weighted by Gasteiger charge is 2.44. The van der Waals surface area contributed by atoms with E-state index in [0.29, 0.717) is 0 Å². The third kappa shape index (κ3) is 2.20. The number of ether oxygens (including phenoxy) is 1. The van der Waals surface area contributed by atoms with Gasteiger partial charge in [-0.05, 0) is 5.92 Å². The maximum Gasteiger partial charge on any atom is 0.284 e. The summed E-state index contributed by atoms with van der Waals surface area (Å²) in [7, 11) is 0. The fraction of sp³-hybridized carbons (Fsp3) is 0.455. The maximum absolute atomic E-state index is 11.3. The molecule has 0 aliphatic carbocycles. The van der Waals surface area contributed by atoms with Crippen molar-refractivity contribution >= 4 is 5.91 Å². The van der Waals surface area contributed by atoms with Crippen LogP contribution in [0.1, 0.15) is 22.5 Å². The number of nitrogens with two attached hydrogens (primary N) is 1. The molecule has 1 aliphatic heterocycles. The van der Waals surface area contributed by atoms with Crippen LogP contribution in [0.5, 0.6) is 0 Å². The Morgan fingerprint density at radius 1 is 1.58 bits per heavy atom. The van der Waals surface area contributed by atoms with Gasteiger partial charge in [0.1, 0.15) is 24.0 Å². The van der Waals surface area contributed by atoms with Crippen LogP contribution in [-0.4, -0.2) is 55.7 Å². The predicted octanol–water partition coefficient (Wildman–Crippen LogP) is -2.43. The molecule has 5 N–H and O–H groups in total. The lowest BCUT2D eigenvalue weighted by Crippen LogP contribution is -2.33. The molecule has 0 aromatic carbocycles. The molecule has 1 aliphatic rings. The van der Waals surface area contributed by atoms with Gasteiger partial charge in [-0.15, -0.1) is 6.42 Å². The van der Waals surface area contributed by atoms with E-state index in [-0.39, 0.29) is 11.5 Å². The largest absolute Gasteiger partial charge is 0.394 e. The molecule has 8 heteroatoms. The molecule has 1 saturated heterocycles. The monoisotopic (exact) mass is 267 g/mol. The van der Waals surface area contributed by atoms with Crippen molar-refractivity contribution in [2.24, 2.45) is 5.73 Å². The number of hydrogen-bond acceptors (Lipinski definition) is 6. The summed E-state index contributed by atoms with van der Waals surface area (Å²) in [5, 5.41) is 28.5. The molecule has 2 heterocycles. The first-order valence-electron chi connectivity index (χ1n) is 5.47. The molecule has 4 atom stereocenters. The van der Waals surface area contributed by atoms with Crippen LogP contribution in [0.3, 0.4) is 0 Å². The van der Waals surface area contributed by atoms with E-state index in [1.807, 2.05) is 0 Å². The molecular weight excluding hydrogens is 254 g/mol. The molecule has 0 saturated carbocycles. The lowest BCUT2D eigenvalue weighted by Gasteiger charge is -2.17. The SMILES string of the molecule is C#Cc1cn([C@@H]2O[C@H](CO)[C@@H](O)[C@H]2O)c(C(N)=O)n1. The third-order valence-electron chi connectivity index (χ3n) is 2.89. The lowest BCUT2D eigenvalue weighted by molar-refractivity contribution is -0.0535. The molecule has 0 radical (unpaired) electrons. The zero-order valence-electron chi connectivity index (χ0n) is 9.80. The molecule has 0 unspecified atom stereocenters. The van der Waals surface area contributed by atoms with Crippen LogP contribution in [0.2, 0.25) is 0 Å². The summed E-state index contributed by atoms with van der Waals surface area (Å²) in [5.74, 6) is 1.19. The van der Waals surface area contributed by atoms with E-state index in [0.717, 1.165) is 4.57 Å². The molecule has 1 fully saturated rings. The smallest absolute Gasteiger partial charge is 0.284 e. The van der Waals surface area contributed by atoms with Gasteiger partial charge in [-0.3, -0.25) is 9.36 Å². The highest BCUT2D eigenvalue weighted by molar-refractivity contribution is 5.89. The van der Waals surface area contributed by atoms with Crippen molar-refractivity contribution in [3.05, 3.63) is 17.7 Å². The first-order chi connectivity index (χ1) is 8.99. The Bertz CT molecular complexity index is 535. The second-order valence-corrected chi connectivity index (χ2v) is 4.09. The van der Waals surface area contributed by atoms with Gasteiger partial charge in [0.15, 0.2) is 6.23 Å². The molecule has 1 aromatic rings. The first-order valence-corrected chi connectivity index (χ1v) is 5.47. The Labute approximate surface area is 108 Å². The zero-order chi connectivity index (χ0) is 14.2. The van der Waals surface area contributed by atoms with Crippen LogP contribution < -0.4 is 5.73 Å². The molecule has 1 aromatic heterocycles. The van der Waals surface area contributed by atoms with Crippen LogP contribution in [0.4, 0.5) is 0 Å². The minimum atomic E-state index is -1.34. The number of terminal acetylenes is 1. The van der Waals surface area contributed by atoms with Gasteiger partial charge in [0, 0.05) is 6.20 Å². The van der Waals surface area contributed by atoms with Crippen LogP contribution in [0.15, 0.2) is 6.20 Å². The molecule has 102 valence electrons.